The molecule has 0 fully saturated rings. The molecule has 0 spiro atoms. The van der Waals surface area contributed by atoms with E-state index in [0.29, 0.717) is 0 Å². The monoisotopic (exact) mass is 269 g/mol. The molecule has 1 radical (unpaired) electrons. The van der Waals surface area contributed by atoms with Crippen LogP contribution in [-0.4, -0.2) is 13.2 Å². The summed E-state index contributed by atoms with van der Waals surface area (Å²) in [6.07, 6.45) is 0. The van der Waals surface area contributed by atoms with Crippen LogP contribution in [0.4, 0.5) is 0 Å². The van der Waals surface area contributed by atoms with E-state index >= 15 is 0 Å². The first-order valence-corrected chi connectivity index (χ1v) is 10.1. The van der Waals surface area contributed by atoms with Crippen molar-refractivity contribution < 1.29 is 5.11 Å². The van der Waals surface area contributed by atoms with Gasteiger partial charge in [0.15, 0.2) is 0 Å². The van der Waals surface area contributed by atoms with Gasteiger partial charge in [0.25, 0.3) is 0 Å². The Morgan fingerprint density at radius 1 is 0.895 bits per heavy atom. The molecule has 0 amide bonds. The Hall–Kier alpha value is -1.38. The molecule has 19 heavy (non-hydrogen) atoms. The molecule has 1 unspecified atom stereocenters. The fraction of sp³-hybridized carbons (Fsp3) is 0.235. The zero-order chi connectivity index (χ0) is 14.1. The van der Waals surface area contributed by atoms with Crippen molar-refractivity contribution in [2.75, 3.05) is 0 Å². The van der Waals surface area contributed by atoms with Gasteiger partial charge in [0.05, 0.1) is 13.3 Å². The summed E-state index contributed by atoms with van der Waals surface area (Å²) in [6, 6.07) is 18.2. The topological polar surface area (TPSA) is 20.2 Å². The Labute approximate surface area is 116 Å². The first kappa shape index (κ1) is 14.0. The highest BCUT2D eigenvalue weighted by molar-refractivity contribution is 6.78. The summed E-state index contributed by atoms with van der Waals surface area (Å²) in [5, 5.41) is 9.93. The third kappa shape index (κ3) is 2.65. The standard InChI is InChI=1S/C17H21OSi/c1-17(18,19(2,3)4)16-13-9-8-12-15(16)14-10-6-5-7-11-14/h5-13,18H,1H2,2-4H3. The Bertz CT molecular complexity index is 553. The van der Waals surface area contributed by atoms with Gasteiger partial charge in [-0.2, -0.15) is 0 Å². The second-order valence-electron chi connectivity index (χ2n) is 6.02. The molecule has 1 N–H and O–H groups in total. The Morgan fingerprint density at radius 2 is 1.42 bits per heavy atom. The van der Waals surface area contributed by atoms with Crippen LogP contribution in [0.2, 0.25) is 19.6 Å². The van der Waals surface area contributed by atoms with Crippen molar-refractivity contribution in [2.45, 2.75) is 24.9 Å². The summed E-state index contributed by atoms with van der Waals surface area (Å²) in [6.45, 7) is 10.5. The highest BCUT2D eigenvalue weighted by Gasteiger charge is 2.40. The SMILES string of the molecule is [CH2]C(O)(c1ccccc1-c1ccccc1)[Si](C)(C)C. The van der Waals surface area contributed by atoms with Crippen LogP contribution in [0.1, 0.15) is 5.56 Å². The molecule has 2 aromatic carbocycles. The van der Waals surface area contributed by atoms with Crippen LogP contribution < -0.4 is 0 Å². The molecule has 0 aromatic heterocycles. The lowest BCUT2D eigenvalue weighted by molar-refractivity contribution is 0.165. The second kappa shape index (κ2) is 4.95. The van der Waals surface area contributed by atoms with E-state index in [4.69, 9.17) is 0 Å². The lowest BCUT2D eigenvalue weighted by Gasteiger charge is -2.37. The van der Waals surface area contributed by atoms with Crippen LogP contribution >= 0.6 is 0 Å². The van der Waals surface area contributed by atoms with Crippen LogP contribution in [0.3, 0.4) is 0 Å². The van der Waals surface area contributed by atoms with E-state index in [0.717, 1.165) is 16.7 Å². The van der Waals surface area contributed by atoms with Gasteiger partial charge in [0.2, 0.25) is 0 Å². The quantitative estimate of drug-likeness (QED) is 0.826. The van der Waals surface area contributed by atoms with Crippen molar-refractivity contribution in [1.29, 1.82) is 0 Å². The van der Waals surface area contributed by atoms with E-state index in [-0.39, 0.29) is 0 Å². The summed E-state index contributed by atoms with van der Waals surface area (Å²) in [4.78, 5) is 0. The minimum Gasteiger partial charge on any atom is -0.389 e. The molecule has 0 aliphatic heterocycles. The summed E-state index contributed by atoms with van der Waals surface area (Å²) >= 11 is 0. The van der Waals surface area contributed by atoms with Gasteiger partial charge in [-0.05, 0) is 23.6 Å². The first-order chi connectivity index (χ1) is 8.84. The van der Waals surface area contributed by atoms with E-state index in [1.807, 2.05) is 36.4 Å². The molecule has 0 aliphatic carbocycles. The van der Waals surface area contributed by atoms with Crippen molar-refractivity contribution in [2.24, 2.45) is 0 Å². The average Bonchev–Trinajstić information content (AvgIpc) is 2.38. The molecular formula is C17H21OSi. The largest absolute Gasteiger partial charge is 0.389 e. The number of benzene rings is 2. The maximum atomic E-state index is 10.9. The van der Waals surface area contributed by atoms with Crippen LogP contribution in [0.5, 0.6) is 0 Å². The lowest BCUT2D eigenvalue weighted by atomic mass is 9.96. The third-order valence-corrected chi connectivity index (χ3v) is 6.45. The highest BCUT2D eigenvalue weighted by atomic mass is 28.3. The van der Waals surface area contributed by atoms with Gasteiger partial charge in [0.1, 0.15) is 0 Å². The van der Waals surface area contributed by atoms with Crippen molar-refractivity contribution in [3.05, 3.63) is 67.1 Å². The zero-order valence-corrected chi connectivity index (χ0v) is 12.9. The van der Waals surface area contributed by atoms with Gasteiger partial charge in [0, 0.05) is 0 Å². The van der Waals surface area contributed by atoms with Gasteiger partial charge in [-0.3, -0.25) is 0 Å². The van der Waals surface area contributed by atoms with E-state index in [1.54, 1.807) is 0 Å². The summed E-state index contributed by atoms with van der Waals surface area (Å²) in [7, 11) is -1.85. The summed E-state index contributed by atoms with van der Waals surface area (Å²) in [5.74, 6) is 0. The number of rotatable bonds is 3. The number of aliphatic hydroxyl groups is 1. The molecule has 2 heteroatoms. The van der Waals surface area contributed by atoms with E-state index in [9.17, 15) is 5.11 Å². The molecule has 0 saturated heterocycles. The van der Waals surface area contributed by atoms with Crippen molar-refractivity contribution in [3.63, 3.8) is 0 Å². The van der Waals surface area contributed by atoms with E-state index < -0.39 is 13.3 Å². The Kier molecular flexibility index (Phi) is 3.66. The van der Waals surface area contributed by atoms with Gasteiger partial charge < -0.3 is 5.11 Å². The fourth-order valence-corrected chi connectivity index (χ4v) is 3.14. The predicted octanol–water partition coefficient (Wildman–Crippen LogP) is 4.25. The first-order valence-electron chi connectivity index (χ1n) is 6.57. The zero-order valence-electron chi connectivity index (χ0n) is 11.9. The number of hydrogen-bond acceptors (Lipinski definition) is 1. The maximum absolute atomic E-state index is 10.9. The van der Waals surface area contributed by atoms with E-state index in [2.05, 4.69) is 44.8 Å². The molecule has 2 rings (SSSR count). The summed E-state index contributed by atoms with van der Waals surface area (Å²) in [5.41, 5.74) is 3.13. The lowest BCUT2D eigenvalue weighted by Crippen LogP contribution is -2.47. The van der Waals surface area contributed by atoms with Crippen LogP contribution in [0.25, 0.3) is 11.1 Å². The van der Waals surface area contributed by atoms with Gasteiger partial charge in [-0.15, -0.1) is 0 Å². The van der Waals surface area contributed by atoms with Gasteiger partial charge in [-0.1, -0.05) is 74.2 Å². The van der Waals surface area contributed by atoms with Crippen molar-refractivity contribution >= 4 is 8.07 Å². The molecule has 0 aliphatic rings. The van der Waals surface area contributed by atoms with Crippen molar-refractivity contribution in [1.82, 2.24) is 0 Å². The van der Waals surface area contributed by atoms with Crippen LogP contribution in [-0.2, 0) is 5.22 Å². The number of hydrogen-bond donors (Lipinski definition) is 1. The molecule has 1 atom stereocenters. The minimum atomic E-state index is -1.85. The Morgan fingerprint density at radius 3 is 2.00 bits per heavy atom. The highest BCUT2D eigenvalue weighted by Crippen LogP contribution is 2.37. The molecular weight excluding hydrogens is 248 g/mol. The van der Waals surface area contributed by atoms with E-state index in [1.165, 1.54) is 0 Å². The Balaban J connectivity index is 2.61. The summed E-state index contributed by atoms with van der Waals surface area (Å²) < 4.78 is 0. The average molecular weight is 269 g/mol. The van der Waals surface area contributed by atoms with Crippen LogP contribution in [0, 0.1) is 6.92 Å². The maximum Gasteiger partial charge on any atom is 0.0878 e. The smallest absolute Gasteiger partial charge is 0.0878 e. The van der Waals surface area contributed by atoms with Gasteiger partial charge in [-0.25, -0.2) is 0 Å². The molecule has 1 nitrogen and oxygen atoms in total. The van der Waals surface area contributed by atoms with Crippen LogP contribution in [0.15, 0.2) is 54.6 Å². The van der Waals surface area contributed by atoms with Crippen molar-refractivity contribution in [3.8, 4) is 11.1 Å². The van der Waals surface area contributed by atoms with Gasteiger partial charge >= 0.3 is 0 Å². The molecule has 0 saturated carbocycles. The molecule has 0 heterocycles. The molecule has 2 aromatic rings. The second-order valence-corrected chi connectivity index (χ2v) is 11.3. The minimum absolute atomic E-state index is 0.931. The fourth-order valence-electron chi connectivity index (χ4n) is 2.12. The predicted molar refractivity (Wildman–Crippen MR) is 84.5 cm³/mol. The third-order valence-electron chi connectivity index (χ3n) is 3.70. The molecule has 0 bridgehead atoms. The normalized spacial score (nSPS) is 15.0. The molecule has 99 valence electrons.